The van der Waals surface area contributed by atoms with Gasteiger partial charge in [-0.05, 0) is 43.5 Å². The molecule has 118 valence electrons. The Morgan fingerprint density at radius 1 is 1.33 bits per heavy atom. The summed E-state index contributed by atoms with van der Waals surface area (Å²) in [6.45, 7) is 3.86. The van der Waals surface area contributed by atoms with E-state index in [2.05, 4.69) is 5.32 Å². The molecule has 1 atom stereocenters. The van der Waals surface area contributed by atoms with Gasteiger partial charge in [0, 0.05) is 34.9 Å². The average molecular weight is 332 g/mol. The monoisotopic (exact) mass is 332 g/mol. The summed E-state index contributed by atoms with van der Waals surface area (Å²) in [5.74, 6) is 0.151. The van der Waals surface area contributed by atoms with Crippen LogP contribution in [0.2, 0.25) is 0 Å². The van der Waals surface area contributed by atoms with Gasteiger partial charge in [-0.25, -0.2) is 13.6 Å². The summed E-state index contributed by atoms with van der Waals surface area (Å²) in [7, 11) is -4.75. The Morgan fingerprint density at radius 3 is 2.48 bits per heavy atom. The van der Waals surface area contributed by atoms with E-state index in [4.69, 9.17) is 5.14 Å². The van der Waals surface area contributed by atoms with E-state index in [-0.39, 0.29) is 16.4 Å². The van der Waals surface area contributed by atoms with Crippen molar-refractivity contribution < 1.29 is 17.4 Å². The summed E-state index contributed by atoms with van der Waals surface area (Å²) in [6.07, 6.45) is 2.20. The molecule has 1 aromatic rings. The number of carbonyl (C=O) groups is 1. The maximum atomic E-state index is 12.1. The molecule has 0 bridgehead atoms. The van der Waals surface area contributed by atoms with Gasteiger partial charge in [0.2, 0.25) is 10.0 Å². The van der Waals surface area contributed by atoms with Crippen molar-refractivity contribution in [2.45, 2.75) is 25.2 Å². The fourth-order valence-corrected chi connectivity index (χ4v) is 2.97. The second-order valence-corrected chi connectivity index (χ2v) is 7.96. The van der Waals surface area contributed by atoms with Gasteiger partial charge >= 0.3 is 0 Å². The number of amides is 1. The zero-order chi connectivity index (χ0) is 16.2. The van der Waals surface area contributed by atoms with Gasteiger partial charge in [0.25, 0.3) is 5.91 Å². The van der Waals surface area contributed by atoms with Crippen LogP contribution in [0.4, 0.5) is 0 Å². The van der Waals surface area contributed by atoms with E-state index >= 15 is 0 Å². The molecule has 1 rings (SSSR count). The molecule has 1 amide bonds. The zero-order valence-electron chi connectivity index (χ0n) is 12.3. The summed E-state index contributed by atoms with van der Waals surface area (Å²) in [5, 5.41) is 7.80. The van der Waals surface area contributed by atoms with Crippen molar-refractivity contribution in [3.05, 3.63) is 28.8 Å². The molecule has 0 aromatic heterocycles. The molecular formula is C13H20N2O4S2. The van der Waals surface area contributed by atoms with Gasteiger partial charge in [-0.15, -0.1) is 0 Å². The van der Waals surface area contributed by atoms with Crippen molar-refractivity contribution in [3.8, 4) is 0 Å². The first kappa shape index (κ1) is 17.8. The lowest BCUT2D eigenvalue weighted by atomic mass is 10.0. The molecule has 0 aliphatic carbocycles. The molecule has 6 nitrogen and oxygen atoms in total. The van der Waals surface area contributed by atoms with Crippen LogP contribution in [0.3, 0.4) is 0 Å². The fourth-order valence-electron chi connectivity index (χ4n) is 1.80. The summed E-state index contributed by atoms with van der Waals surface area (Å²) in [5.41, 5.74) is 1.68. The second kappa shape index (κ2) is 7.15. The van der Waals surface area contributed by atoms with Crippen LogP contribution in [-0.2, 0) is 20.8 Å². The van der Waals surface area contributed by atoms with Crippen molar-refractivity contribution in [3.63, 3.8) is 0 Å². The molecular weight excluding hydrogens is 312 g/mol. The Bertz CT molecular complexity index is 669. The number of hydrogen-bond donors (Lipinski definition) is 2. The van der Waals surface area contributed by atoms with Gasteiger partial charge < -0.3 is 5.32 Å². The van der Waals surface area contributed by atoms with Crippen LogP contribution in [0, 0.1) is 13.8 Å². The van der Waals surface area contributed by atoms with Gasteiger partial charge in [-0.3, -0.25) is 9.00 Å². The molecule has 1 unspecified atom stereocenters. The summed E-state index contributed by atoms with van der Waals surface area (Å²) in [6, 6.07) is 2.73. The Labute approximate surface area is 127 Å². The summed E-state index contributed by atoms with van der Waals surface area (Å²) < 4.78 is 33.8. The minimum absolute atomic E-state index is 0.0783. The molecule has 0 fully saturated rings. The second-order valence-electron chi connectivity index (χ2n) is 4.84. The highest BCUT2D eigenvalue weighted by atomic mass is 32.2. The number of nitrogens with two attached hydrogens (primary N) is 1. The SMILES string of the molecule is Cc1cc(S(N)(=O)=O)cc(C(=O)NCCCS(C)=O)c1C. The van der Waals surface area contributed by atoms with E-state index in [9.17, 15) is 17.4 Å². The van der Waals surface area contributed by atoms with E-state index in [1.807, 2.05) is 0 Å². The highest BCUT2D eigenvalue weighted by Crippen LogP contribution is 2.19. The number of rotatable bonds is 6. The van der Waals surface area contributed by atoms with Gasteiger partial charge in [0.05, 0.1) is 4.90 Å². The predicted molar refractivity (Wildman–Crippen MR) is 83.2 cm³/mol. The molecule has 0 saturated carbocycles. The topological polar surface area (TPSA) is 106 Å². The van der Waals surface area contributed by atoms with Crippen molar-refractivity contribution >= 4 is 26.7 Å². The van der Waals surface area contributed by atoms with Crippen LogP contribution in [0.5, 0.6) is 0 Å². The van der Waals surface area contributed by atoms with Crippen LogP contribution in [-0.4, -0.2) is 37.1 Å². The predicted octanol–water partition coefficient (Wildman–Crippen LogP) is 0.449. The van der Waals surface area contributed by atoms with E-state index in [1.165, 1.54) is 12.1 Å². The highest BCUT2D eigenvalue weighted by Gasteiger charge is 2.16. The number of primary sulfonamides is 1. The van der Waals surface area contributed by atoms with E-state index in [0.29, 0.717) is 29.8 Å². The van der Waals surface area contributed by atoms with Crippen LogP contribution in [0.25, 0.3) is 0 Å². The maximum Gasteiger partial charge on any atom is 0.251 e. The Balaban J connectivity index is 2.93. The molecule has 3 N–H and O–H groups in total. The Kier molecular flexibility index (Phi) is 6.06. The van der Waals surface area contributed by atoms with Gasteiger partial charge in [-0.2, -0.15) is 0 Å². The number of nitrogens with one attached hydrogen (secondary N) is 1. The lowest BCUT2D eigenvalue weighted by molar-refractivity contribution is 0.0953. The van der Waals surface area contributed by atoms with E-state index in [1.54, 1.807) is 20.1 Å². The smallest absolute Gasteiger partial charge is 0.251 e. The number of aryl methyl sites for hydroxylation is 1. The average Bonchev–Trinajstić information content (AvgIpc) is 2.35. The number of hydrogen-bond acceptors (Lipinski definition) is 4. The van der Waals surface area contributed by atoms with Crippen molar-refractivity contribution in [2.75, 3.05) is 18.6 Å². The zero-order valence-corrected chi connectivity index (χ0v) is 13.9. The van der Waals surface area contributed by atoms with Crippen molar-refractivity contribution in [2.24, 2.45) is 5.14 Å². The summed E-state index contributed by atoms with van der Waals surface area (Å²) in [4.78, 5) is 12.0. The molecule has 0 aliphatic heterocycles. The standard InChI is InChI=1S/C13H20N2O4S2/c1-9-7-11(21(14,18)19)8-12(10(9)2)13(16)15-5-4-6-20(3)17/h7-8H,4-6H2,1-3H3,(H,15,16)(H2,14,18,19). The molecule has 0 saturated heterocycles. The van der Waals surface area contributed by atoms with Crippen LogP contribution >= 0.6 is 0 Å². The molecule has 0 spiro atoms. The minimum Gasteiger partial charge on any atom is -0.352 e. The van der Waals surface area contributed by atoms with Crippen molar-refractivity contribution in [1.29, 1.82) is 0 Å². The first-order valence-electron chi connectivity index (χ1n) is 6.35. The Morgan fingerprint density at radius 2 is 1.95 bits per heavy atom. The first-order chi connectivity index (χ1) is 9.62. The van der Waals surface area contributed by atoms with Crippen molar-refractivity contribution in [1.82, 2.24) is 5.32 Å². The highest BCUT2D eigenvalue weighted by molar-refractivity contribution is 7.89. The van der Waals surface area contributed by atoms with Crippen LogP contribution in [0.1, 0.15) is 27.9 Å². The molecule has 21 heavy (non-hydrogen) atoms. The normalized spacial score (nSPS) is 13.0. The third kappa shape index (κ3) is 5.22. The molecule has 1 aromatic carbocycles. The first-order valence-corrected chi connectivity index (χ1v) is 9.62. The van der Waals surface area contributed by atoms with Gasteiger partial charge in [0.15, 0.2) is 0 Å². The fraction of sp³-hybridized carbons (Fsp3) is 0.462. The number of carbonyl (C=O) groups excluding carboxylic acids is 1. The molecule has 0 radical (unpaired) electrons. The Hall–Kier alpha value is -1.25. The minimum atomic E-state index is -3.85. The lowest BCUT2D eigenvalue weighted by Crippen LogP contribution is -2.27. The largest absolute Gasteiger partial charge is 0.352 e. The van der Waals surface area contributed by atoms with Gasteiger partial charge in [0.1, 0.15) is 0 Å². The van der Waals surface area contributed by atoms with Gasteiger partial charge in [-0.1, -0.05) is 0 Å². The number of benzene rings is 1. The van der Waals surface area contributed by atoms with E-state index in [0.717, 1.165) is 0 Å². The third-order valence-corrected chi connectivity index (χ3v) is 4.86. The number of sulfonamides is 1. The molecule has 0 heterocycles. The van der Waals surface area contributed by atoms with Crippen LogP contribution < -0.4 is 10.5 Å². The van der Waals surface area contributed by atoms with Crippen LogP contribution in [0.15, 0.2) is 17.0 Å². The third-order valence-electron chi connectivity index (χ3n) is 3.11. The molecule has 0 aliphatic rings. The quantitative estimate of drug-likeness (QED) is 0.738. The lowest BCUT2D eigenvalue weighted by Gasteiger charge is -2.11. The molecule has 8 heteroatoms. The summed E-state index contributed by atoms with van der Waals surface area (Å²) >= 11 is 0. The maximum absolute atomic E-state index is 12.1. The van der Waals surface area contributed by atoms with E-state index < -0.39 is 20.8 Å².